The molecule has 0 bridgehead atoms. The fraction of sp³-hybridized carbons (Fsp3) is 0.381. The molecule has 1 aliphatic heterocycles. The average Bonchev–Trinajstić information content (AvgIpc) is 3.51. The maximum absolute atomic E-state index is 13.2. The van der Waals surface area contributed by atoms with Gasteiger partial charge in [-0.2, -0.15) is 9.30 Å². The molecule has 1 fully saturated rings. The second-order valence-electron chi connectivity index (χ2n) is 7.55. The van der Waals surface area contributed by atoms with Gasteiger partial charge in [0.15, 0.2) is 4.80 Å². The van der Waals surface area contributed by atoms with Gasteiger partial charge in [-0.1, -0.05) is 17.4 Å². The van der Waals surface area contributed by atoms with Crippen molar-refractivity contribution in [2.45, 2.75) is 36.6 Å². The molecule has 9 nitrogen and oxygen atoms in total. The number of carbonyl (C=O) groups is 2. The van der Waals surface area contributed by atoms with Crippen LogP contribution in [0.25, 0.3) is 10.2 Å². The molecule has 2 amide bonds. The van der Waals surface area contributed by atoms with Crippen molar-refractivity contribution in [1.82, 2.24) is 8.87 Å². The first-order valence-corrected chi connectivity index (χ1v) is 13.5. The zero-order valence-corrected chi connectivity index (χ0v) is 20.6. The van der Waals surface area contributed by atoms with Crippen LogP contribution < -0.4 is 10.1 Å². The summed E-state index contributed by atoms with van der Waals surface area (Å²) in [5.74, 6) is -0.654. The number of hydrogen-bond donors (Lipinski definition) is 1. The molecule has 3 heterocycles. The summed E-state index contributed by atoms with van der Waals surface area (Å²) >= 11 is 2.45. The number of thiophene rings is 1. The Labute approximate surface area is 199 Å². The number of sulfonamides is 1. The van der Waals surface area contributed by atoms with Crippen molar-refractivity contribution in [3.05, 3.63) is 40.5 Å². The summed E-state index contributed by atoms with van der Waals surface area (Å²) < 4.78 is 35.5. The smallest absolute Gasteiger partial charge is 0.266 e. The molecule has 4 rings (SSSR count). The fourth-order valence-corrected chi connectivity index (χ4v) is 7.68. The van der Waals surface area contributed by atoms with Gasteiger partial charge in [-0.15, -0.1) is 11.3 Å². The molecule has 176 valence electrons. The Morgan fingerprint density at radius 2 is 2.12 bits per heavy atom. The lowest BCUT2D eigenvalue weighted by Gasteiger charge is -2.20. The molecule has 1 aliphatic rings. The Balaban J connectivity index is 1.72. The Bertz CT molecular complexity index is 1340. The quantitative estimate of drug-likeness (QED) is 0.528. The monoisotopic (exact) mass is 508 g/mol. The molecule has 1 N–H and O–H groups in total. The Kier molecular flexibility index (Phi) is 7.10. The molecule has 1 aromatic carbocycles. The largest absolute Gasteiger partial charge is 0.383 e. The lowest BCUT2D eigenvalue weighted by atomic mass is 10.2. The summed E-state index contributed by atoms with van der Waals surface area (Å²) in [5.41, 5.74) is 1.50. The van der Waals surface area contributed by atoms with Crippen LogP contribution in [0.15, 0.2) is 44.9 Å². The molecule has 3 aromatic rings. The molecule has 2 aromatic heterocycles. The van der Waals surface area contributed by atoms with Gasteiger partial charge in [-0.3, -0.25) is 9.59 Å². The molecule has 0 spiro atoms. The second-order valence-corrected chi connectivity index (χ2v) is 11.6. The van der Waals surface area contributed by atoms with Gasteiger partial charge in [0.25, 0.3) is 15.9 Å². The number of fused-ring (bicyclic) bond motifs is 1. The van der Waals surface area contributed by atoms with Crippen LogP contribution >= 0.6 is 22.7 Å². The van der Waals surface area contributed by atoms with Gasteiger partial charge >= 0.3 is 0 Å². The van der Waals surface area contributed by atoms with E-state index in [1.165, 1.54) is 22.6 Å². The minimum absolute atomic E-state index is 0.175. The molecule has 12 heteroatoms. The lowest BCUT2D eigenvalue weighted by Crippen LogP contribution is -2.40. The molecule has 0 radical (unpaired) electrons. The van der Waals surface area contributed by atoms with Crippen LogP contribution in [-0.2, 0) is 30.9 Å². The highest BCUT2D eigenvalue weighted by Gasteiger charge is 2.39. The van der Waals surface area contributed by atoms with Gasteiger partial charge in [-0.25, -0.2) is 8.42 Å². The van der Waals surface area contributed by atoms with Gasteiger partial charge in [0.2, 0.25) is 5.91 Å². The van der Waals surface area contributed by atoms with Crippen molar-refractivity contribution in [3.8, 4) is 0 Å². The van der Waals surface area contributed by atoms with Gasteiger partial charge < -0.3 is 14.6 Å². The number of hydrogen-bond acceptors (Lipinski definition) is 7. The number of aromatic nitrogens is 1. The minimum Gasteiger partial charge on any atom is -0.383 e. The van der Waals surface area contributed by atoms with E-state index < -0.39 is 22.0 Å². The van der Waals surface area contributed by atoms with E-state index in [-0.39, 0.29) is 10.1 Å². The predicted molar refractivity (Wildman–Crippen MR) is 128 cm³/mol. The molecule has 0 aliphatic carbocycles. The van der Waals surface area contributed by atoms with E-state index in [0.717, 1.165) is 21.6 Å². The van der Waals surface area contributed by atoms with Crippen LogP contribution in [0.3, 0.4) is 0 Å². The normalized spacial score (nSPS) is 17.6. The van der Waals surface area contributed by atoms with Crippen LogP contribution in [0, 0.1) is 0 Å². The van der Waals surface area contributed by atoms with Crippen LogP contribution in [0.5, 0.6) is 0 Å². The predicted octanol–water partition coefficient (Wildman–Crippen LogP) is 2.65. The van der Waals surface area contributed by atoms with Gasteiger partial charge in [-0.05, 0) is 42.5 Å². The van der Waals surface area contributed by atoms with Gasteiger partial charge in [0, 0.05) is 32.8 Å². The first kappa shape index (κ1) is 23.8. The summed E-state index contributed by atoms with van der Waals surface area (Å²) in [6.45, 7) is 2.63. The van der Waals surface area contributed by atoms with E-state index in [0.29, 0.717) is 43.0 Å². The molecule has 1 unspecified atom stereocenters. The lowest BCUT2D eigenvalue weighted by molar-refractivity contribution is -0.121. The minimum atomic E-state index is -3.74. The van der Waals surface area contributed by atoms with Crippen molar-refractivity contribution < 1.29 is 22.7 Å². The molecule has 0 saturated carbocycles. The van der Waals surface area contributed by atoms with E-state index in [1.54, 1.807) is 30.7 Å². The summed E-state index contributed by atoms with van der Waals surface area (Å²) in [6.07, 6.45) is 1.04. The Hall–Kier alpha value is -2.38. The van der Waals surface area contributed by atoms with E-state index in [4.69, 9.17) is 4.74 Å². The maximum atomic E-state index is 13.2. The summed E-state index contributed by atoms with van der Waals surface area (Å²) in [5, 5.41) is 4.46. The fourth-order valence-electron chi connectivity index (χ4n) is 3.81. The molecule has 1 saturated heterocycles. The number of anilines is 1. The van der Waals surface area contributed by atoms with Crippen molar-refractivity contribution in [1.29, 1.82) is 0 Å². The van der Waals surface area contributed by atoms with Crippen LogP contribution in [-0.4, -0.2) is 55.4 Å². The average molecular weight is 509 g/mol. The summed E-state index contributed by atoms with van der Waals surface area (Å²) in [6, 6.07) is 7.89. The maximum Gasteiger partial charge on any atom is 0.266 e. The van der Waals surface area contributed by atoms with E-state index >= 15 is 0 Å². The zero-order valence-electron chi connectivity index (χ0n) is 18.2. The topological polar surface area (TPSA) is 110 Å². The SMILES string of the molecule is COCCn1c(=NC(=O)C2CCCN2S(=O)(=O)c2cccs2)sc2cc(NC(C)=O)ccc21. The number of rotatable bonds is 7. The summed E-state index contributed by atoms with van der Waals surface area (Å²) in [7, 11) is -2.15. The van der Waals surface area contributed by atoms with Crippen molar-refractivity contribution >= 4 is 60.4 Å². The number of thiazole rings is 1. The van der Waals surface area contributed by atoms with Gasteiger partial charge in [0.1, 0.15) is 10.3 Å². The molecule has 33 heavy (non-hydrogen) atoms. The van der Waals surface area contributed by atoms with Crippen LogP contribution in [0.2, 0.25) is 0 Å². The molecular weight excluding hydrogens is 484 g/mol. The summed E-state index contributed by atoms with van der Waals surface area (Å²) in [4.78, 5) is 29.4. The zero-order chi connectivity index (χ0) is 23.6. The number of nitrogens with zero attached hydrogens (tertiary/aromatic N) is 3. The van der Waals surface area contributed by atoms with Gasteiger partial charge in [0.05, 0.1) is 16.8 Å². The van der Waals surface area contributed by atoms with Crippen LogP contribution in [0.1, 0.15) is 19.8 Å². The van der Waals surface area contributed by atoms with E-state index in [9.17, 15) is 18.0 Å². The third-order valence-electron chi connectivity index (χ3n) is 5.27. The van der Waals surface area contributed by atoms with Crippen molar-refractivity contribution in [2.75, 3.05) is 25.6 Å². The second kappa shape index (κ2) is 9.85. The first-order valence-electron chi connectivity index (χ1n) is 10.3. The van der Waals surface area contributed by atoms with E-state index in [2.05, 4.69) is 10.3 Å². The third-order valence-corrected chi connectivity index (χ3v) is 9.60. The number of amides is 2. The number of benzene rings is 1. The number of ether oxygens (including phenoxy) is 1. The molecular formula is C21H24N4O5S3. The number of methoxy groups -OCH3 is 1. The standard InChI is InChI=1S/C21H24N4O5S3/c1-14(26)22-15-7-8-16-18(13-15)32-21(24(16)10-11-30-2)23-20(27)17-5-3-9-25(17)33(28,29)19-6-4-12-31-19/h4,6-8,12-13,17H,3,5,9-11H2,1-2H3,(H,22,26). The highest BCUT2D eigenvalue weighted by Crippen LogP contribution is 2.29. The van der Waals surface area contributed by atoms with Crippen LogP contribution in [0.4, 0.5) is 5.69 Å². The van der Waals surface area contributed by atoms with E-state index in [1.807, 2.05) is 16.7 Å². The first-order chi connectivity index (χ1) is 15.8. The molecule has 1 atom stereocenters. The number of nitrogens with one attached hydrogen (secondary N) is 1. The highest BCUT2D eigenvalue weighted by atomic mass is 32.2. The number of carbonyl (C=O) groups excluding carboxylic acids is 2. The van der Waals surface area contributed by atoms with Crippen molar-refractivity contribution in [3.63, 3.8) is 0 Å². The third kappa shape index (κ3) is 4.94. The van der Waals surface area contributed by atoms with Crippen molar-refractivity contribution in [2.24, 2.45) is 4.99 Å². The Morgan fingerprint density at radius 3 is 2.82 bits per heavy atom. The highest BCUT2D eigenvalue weighted by molar-refractivity contribution is 7.91. The Morgan fingerprint density at radius 1 is 1.30 bits per heavy atom.